The number of carbonyl (C=O) groups is 1. The Hall–Kier alpha value is -2.34. The second-order valence-corrected chi connectivity index (χ2v) is 3.70. The van der Waals surface area contributed by atoms with Crippen molar-refractivity contribution in [3.05, 3.63) is 48.1 Å². The predicted molar refractivity (Wildman–Crippen MR) is 67.2 cm³/mol. The van der Waals surface area contributed by atoms with Crippen LogP contribution in [0.2, 0.25) is 0 Å². The zero-order valence-corrected chi connectivity index (χ0v) is 9.50. The molecule has 0 saturated heterocycles. The van der Waals surface area contributed by atoms with Crippen LogP contribution in [0.15, 0.2) is 42.5 Å². The second kappa shape index (κ2) is 4.67. The molecule has 1 amide bonds. The quantitative estimate of drug-likeness (QED) is 0.688. The summed E-state index contributed by atoms with van der Waals surface area (Å²) in [6.45, 7) is 1.78. The molecule has 1 aromatic carbocycles. The fourth-order valence-corrected chi connectivity index (χ4v) is 1.86. The maximum Gasteiger partial charge on any atom is 0.252 e. The minimum atomic E-state index is -0.534. The van der Waals surface area contributed by atoms with E-state index in [-0.39, 0.29) is 5.91 Å². The van der Waals surface area contributed by atoms with Crippen molar-refractivity contribution in [3.8, 4) is 6.07 Å². The summed E-state index contributed by atoms with van der Waals surface area (Å²) in [4.78, 5) is 13.5. The number of amides is 1. The molecule has 1 aromatic rings. The normalized spacial score (nSPS) is 17.9. The molecule has 3 nitrogen and oxygen atoms in total. The molecule has 0 bridgehead atoms. The number of para-hydroxylation sites is 1. The number of rotatable bonds is 1. The summed E-state index contributed by atoms with van der Waals surface area (Å²) >= 11 is 0. The van der Waals surface area contributed by atoms with Gasteiger partial charge >= 0.3 is 0 Å². The number of hydrogen-bond donors (Lipinski definition) is 0. The lowest BCUT2D eigenvalue weighted by Gasteiger charge is -2.29. The van der Waals surface area contributed by atoms with Crippen molar-refractivity contribution in [3.63, 3.8) is 0 Å². The summed E-state index contributed by atoms with van der Waals surface area (Å²) in [6.07, 6.45) is 6.77. The standard InChI is InChI=1S/C14H12N2O/c1-2-5-14(17)16-12(10-15)9-8-11-6-3-4-7-13(11)16/h2-9,12H,1H3/b5-2-/t12-/m0/s1. The van der Waals surface area contributed by atoms with Gasteiger partial charge < -0.3 is 0 Å². The lowest BCUT2D eigenvalue weighted by Crippen LogP contribution is -2.39. The van der Waals surface area contributed by atoms with Crippen LogP contribution >= 0.6 is 0 Å². The van der Waals surface area contributed by atoms with Crippen LogP contribution in [0.25, 0.3) is 6.08 Å². The Morgan fingerprint density at radius 3 is 2.94 bits per heavy atom. The van der Waals surface area contributed by atoms with Crippen molar-refractivity contribution in [1.29, 1.82) is 5.26 Å². The third-order valence-corrected chi connectivity index (χ3v) is 2.61. The third-order valence-electron chi connectivity index (χ3n) is 2.61. The first kappa shape index (κ1) is 11.2. The van der Waals surface area contributed by atoms with Gasteiger partial charge in [0.2, 0.25) is 0 Å². The Kier molecular flexibility index (Phi) is 3.06. The molecule has 0 aromatic heterocycles. The van der Waals surface area contributed by atoms with Gasteiger partial charge in [-0.25, -0.2) is 0 Å². The summed E-state index contributed by atoms with van der Waals surface area (Å²) in [6, 6.07) is 9.14. The van der Waals surface area contributed by atoms with Crippen LogP contribution in [-0.2, 0) is 4.79 Å². The molecule has 0 saturated carbocycles. The van der Waals surface area contributed by atoms with Gasteiger partial charge in [-0.2, -0.15) is 5.26 Å². The monoisotopic (exact) mass is 224 g/mol. The second-order valence-electron chi connectivity index (χ2n) is 3.70. The zero-order valence-electron chi connectivity index (χ0n) is 9.50. The van der Waals surface area contributed by atoms with Crippen molar-refractivity contribution >= 4 is 17.7 Å². The van der Waals surface area contributed by atoms with Crippen LogP contribution in [-0.4, -0.2) is 11.9 Å². The fourth-order valence-electron chi connectivity index (χ4n) is 1.86. The van der Waals surface area contributed by atoms with Crippen LogP contribution in [0.4, 0.5) is 5.69 Å². The summed E-state index contributed by atoms with van der Waals surface area (Å²) < 4.78 is 0. The van der Waals surface area contributed by atoms with Crippen molar-refractivity contribution in [1.82, 2.24) is 0 Å². The van der Waals surface area contributed by atoms with E-state index < -0.39 is 6.04 Å². The molecule has 17 heavy (non-hydrogen) atoms. The van der Waals surface area contributed by atoms with Gasteiger partial charge in [-0.1, -0.05) is 30.4 Å². The molecule has 0 unspecified atom stereocenters. The van der Waals surface area contributed by atoms with E-state index in [9.17, 15) is 4.79 Å². The van der Waals surface area contributed by atoms with Crippen molar-refractivity contribution in [2.75, 3.05) is 4.90 Å². The molecule has 0 fully saturated rings. The molecule has 84 valence electrons. The van der Waals surface area contributed by atoms with Crippen molar-refractivity contribution in [2.24, 2.45) is 0 Å². The van der Waals surface area contributed by atoms with Crippen LogP contribution in [0.1, 0.15) is 12.5 Å². The summed E-state index contributed by atoms with van der Waals surface area (Å²) in [5.41, 5.74) is 1.74. The Morgan fingerprint density at radius 2 is 2.24 bits per heavy atom. The number of benzene rings is 1. The van der Waals surface area contributed by atoms with E-state index in [1.165, 1.54) is 11.0 Å². The van der Waals surface area contributed by atoms with Gasteiger partial charge in [0, 0.05) is 0 Å². The molecule has 1 aliphatic rings. The Balaban J connectivity index is 2.50. The van der Waals surface area contributed by atoms with E-state index in [0.717, 1.165) is 11.3 Å². The predicted octanol–water partition coefficient (Wildman–Crippen LogP) is 2.51. The number of fused-ring (bicyclic) bond motifs is 1. The van der Waals surface area contributed by atoms with Crippen LogP contribution in [0, 0.1) is 11.3 Å². The molecule has 0 N–H and O–H groups in total. The number of nitrogens with zero attached hydrogens (tertiary/aromatic N) is 2. The smallest absolute Gasteiger partial charge is 0.252 e. The van der Waals surface area contributed by atoms with E-state index >= 15 is 0 Å². The van der Waals surface area contributed by atoms with Gasteiger partial charge in [-0.05, 0) is 30.7 Å². The molecule has 2 rings (SSSR count). The highest BCUT2D eigenvalue weighted by molar-refractivity contribution is 6.04. The Bertz CT molecular complexity index is 537. The highest BCUT2D eigenvalue weighted by Crippen LogP contribution is 2.28. The number of allylic oxidation sites excluding steroid dienone is 1. The highest BCUT2D eigenvalue weighted by atomic mass is 16.2. The molecule has 0 aliphatic carbocycles. The van der Waals surface area contributed by atoms with Crippen molar-refractivity contribution in [2.45, 2.75) is 13.0 Å². The topological polar surface area (TPSA) is 44.1 Å². The van der Waals surface area contributed by atoms with Gasteiger partial charge in [0.05, 0.1) is 11.8 Å². The molecule has 1 aliphatic heterocycles. The molecular weight excluding hydrogens is 212 g/mol. The van der Waals surface area contributed by atoms with Crippen molar-refractivity contribution < 1.29 is 4.79 Å². The van der Waals surface area contributed by atoms with E-state index in [4.69, 9.17) is 5.26 Å². The van der Waals surface area contributed by atoms with Crippen LogP contribution in [0.5, 0.6) is 0 Å². The van der Waals surface area contributed by atoms with E-state index in [0.29, 0.717) is 0 Å². The van der Waals surface area contributed by atoms with Crippen LogP contribution in [0.3, 0.4) is 0 Å². The summed E-state index contributed by atoms with van der Waals surface area (Å²) in [5.74, 6) is -0.171. The minimum absolute atomic E-state index is 0.171. The fraction of sp³-hybridized carbons (Fsp3) is 0.143. The number of hydrogen-bond acceptors (Lipinski definition) is 2. The average molecular weight is 224 g/mol. The van der Waals surface area contributed by atoms with Gasteiger partial charge in [-0.3, -0.25) is 9.69 Å². The van der Waals surface area contributed by atoms with E-state index in [2.05, 4.69) is 6.07 Å². The number of carbonyl (C=O) groups excluding carboxylic acids is 1. The molecule has 3 heteroatoms. The molecule has 0 radical (unpaired) electrons. The number of nitriles is 1. The lowest BCUT2D eigenvalue weighted by atomic mass is 10.0. The highest BCUT2D eigenvalue weighted by Gasteiger charge is 2.25. The molecular formula is C14H12N2O. The third kappa shape index (κ3) is 1.98. The summed E-state index contributed by atoms with van der Waals surface area (Å²) in [5, 5.41) is 9.08. The molecule has 0 spiro atoms. The molecule has 1 atom stereocenters. The first-order valence-corrected chi connectivity index (χ1v) is 5.40. The number of anilines is 1. The Morgan fingerprint density at radius 1 is 1.47 bits per heavy atom. The largest absolute Gasteiger partial charge is 0.288 e. The average Bonchev–Trinajstić information content (AvgIpc) is 2.37. The maximum atomic E-state index is 12.0. The summed E-state index contributed by atoms with van der Waals surface area (Å²) in [7, 11) is 0. The Labute approximate surface area is 100 Å². The first-order chi connectivity index (χ1) is 8.27. The van der Waals surface area contributed by atoms with Gasteiger partial charge in [0.1, 0.15) is 6.04 Å². The zero-order chi connectivity index (χ0) is 12.3. The minimum Gasteiger partial charge on any atom is -0.288 e. The van der Waals surface area contributed by atoms with Gasteiger partial charge in [-0.15, -0.1) is 0 Å². The van der Waals surface area contributed by atoms with E-state index in [1.807, 2.05) is 30.3 Å². The van der Waals surface area contributed by atoms with Crippen LogP contribution < -0.4 is 4.90 Å². The maximum absolute atomic E-state index is 12.0. The SMILES string of the molecule is C/C=C\C(=O)N1c2ccccc2C=C[C@H]1C#N. The van der Waals surface area contributed by atoms with Gasteiger partial charge in [0.25, 0.3) is 5.91 Å². The van der Waals surface area contributed by atoms with E-state index in [1.54, 1.807) is 19.1 Å². The lowest BCUT2D eigenvalue weighted by molar-refractivity contribution is -0.114. The van der Waals surface area contributed by atoms with Gasteiger partial charge in [0.15, 0.2) is 0 Å². The molecule has 1 heterocycles. The first-order valence-electron chi connectivity index (χ1n) is 5.40.